The Kier molecular flexibility index (Phi) is 4.38. The molecule has 0 radical (unpaired) electrons. The molecule has 29 heavy (non-hydrogen) atoms. The Morgan fingerprint density at radius 2 is 1.79 bits per heavy atom. The zero-order chi connectivity index (χ0) is 20.1. The smallest absolute Gasteiger partial charge is 0.262 e. The molecule has 0 bridgehead atoms. The standard InChI is InChI=1S/C21H24N4O4/c26-18-6-5-17(19(27)23-18)25-20(28)14-4-3-13(10-15(14)21(25)29)24-9-1-2-12-11-22-8-7-16(12)24/h3-4,10,12,16-17,22H,1-2,5-9,11H2,(H,23,26,27). The van der Waals surface area contributed by atoms with E-state index in [0.717, 1.165) is 43.1 Å². The minimum Gasteiger partial charge on any atom is -0.368 e. The van der Waals surface area contributed by atoms with Gasteiger partial charge >= 0.3 is 0 Å². The number of fused-ring (bicyclic) bond motifs is 2. The number of hydrogen-bond donors (Lipinski definition) is 2. The van der Waals surface area contributed by atoms with Crippen molar-refractivity contribution in [3.05, 3.63) is 29.3 Å². The van der Waals surface area contributed by atoms with Gasteiger partial charge in [0.1, 0.15) is 6.04 Å². The Bertz CT molecular complexity index is 912. The number of hydrogen-bond acceptors (Lipinski definition) is 6. The molecule has 2 N–H and O–H groups in total. The van der Waals surface area contributed by atoms with Crippen LogP contribution in [0.1, 0.15) is 52.8 Å². The van der Waals surface area contributed by atoms with Gasteiger partial charge in [0.15, 0.2) is 0 Å². The largest absolute Gasteiger partial charge is 0.368 e. The van der Waals surface area contributed by atoms with Gasteiger partial charge in [0, 0.05) is 24.7 Å². The highest BCUT2D eigenvalue weighted by atomic mass is 16.2. The Balaban J connectivity index is 1.44. The predicted molar refractivity (Wildman–Crippen MR) is 104 cm³/mol. The molecule has 4 heterocycles. The van der Waals surface area contributed by atoms with Crippen LogP contribution in [0.25, 0.3) is 0 Å². The highest BCUT2D eigenvalue weighted by Crippen LogP contribution is 2.35. The van der Waals surface area contributed by atoms with Crippen molar-refractivity contribution < 1.29 is 19.2 Å². The van der Waals surface area contributed by atoms with Crippen molar-refractivity contribution in [2.75, 3.05) is 24.5 Å². The SMILES string of the molecule is O=C1CCC(N2C(=O)c3ccc(N4CCCC5CNCCC54)cc3C2=O)C(=O)N1. The Morgan fingerprint density at radius 1 is 0.966 bits per heavy atom. The van der Waals surface area contributed by atoms with Gasteiger partial charge < -0.3 is 10.2 Å². The molecule has 0 saturated carbocycles. The zero-order valence-corrected chi connectivity index (χ0v) is 16.1. The lowest BCUT2D eigenvalue weighted by atomic mass is 9.84. The number of benzene rings is 1. The van der Waals surface area contributed by atoms with Crippen LogP contribution < -0.4 is 15.5 Å². The summed E-state index contributed by atoms with van der Waals surface area (Å²) < 4.78 is 0. The summed E-state index contributed by atoms with van der Waals surface area (Å²) in [6.07, 6.45) is 3.68. The zero-order valence-electron chi connectivity index (χ0n) is 16.1. The lowest BCUT2D eigenvalue weighted by Crippen LogP contribution is -2.54. The van der Waals surface area contributed by atoms with Crippen molar-refractivity contribution in [1.82, 2.24) is 15.5 Å². The number of piperidine rings is 3. The molecule has 3 saturated heterocycles. The van der Waals surface area contributed by atoms with Crippen molar-refractivity contribution >= 4 is 29.3 Å². The van der Waals surface area contributed by atoms with E-state index < -0.39 is 23.8 Å². The van der Waals surface area contributed by atoms with E-state index in [1.165, 1.54) is 6.42 Å². The maximum Gasteiger partial charge on any atom is 0.262 e. The molecule has 8 nitrogen and oxygen atoms in total. The Labute approximate surface area is 168 Å². The minimum atomic E-state index is -0.924. The quantitative estimate of drug-likeness (QED) is 0.713. The molecule has 152 valence electrons. The van der Waals surface area contributed by atoms with E-state index in [9.17, 15) is 19.2 Å². The third kappa shape index (κ3) is 2.93. The monoisotopic (exact) mass is 396 g/mol. The van der Waals surface area contributed by atoms with Gasteiger partial charge in [0.25, 0.3) is 11.8 Å². The summed E-state index contributed by atoms with van der Waals surface area (Å²) in [6.45, 7) is 2.95. The van der Waals surface area contributed by atoms with Gasteiger partial charge in [-0.1, -0.05) is 0 Å². The number of rotatable bonds is 2. The molecule has 4 amide bonds. The van der Waals surface area contributed by atoms with E-state index in [4.69, 9.17) is 0 Å². The van der Waals surface area contributed by atoms with E-state index >= 15 is 0 Å². The number of nitrogens with one attached hydrogen (secondary N) is 2. The van der Waals surface area contributed by atoms with Crippen molar-refractivity contribution in [2.24, 2.45) is 5.92 Å². The van der Waals surface area contributed by atoms with E-state index in [1.54, 1.807) is 6.07 Å². The molecule has 1 aromatic rings. The van der Waals surface area contributed by atoms with Crippen molar-refractivity contribution in [3.63, 3.8) is 0 Å². The number of amides is 4. The lowest BCUT2D eigenvalue weighted by molar-refractivity contribution is -0.136. The number of carbonyl (C=O) groups excluding carboxylic acids is 4. The number of anilines is 1. The topological polar surface area (TPSA) is 98.8 Å². The molecule has 5 rings (SSSR count). The van der Waals surface area contributed by atoms with Crippen LogP contribution in [0.4, 0.5) is 5.69 Å². The normalized spacial score (nSPS) is 29.6. The second-order valence-corrected chi connectivity index (χ2v) is 8.33. The average molecular weight is 396 g/mol. The first-order valence-corrected chi connectivity index (χ1v) is 10.4. The summed E-state index contributed by atoms with van der Waals surface area (Å²) in [6, 6.07) is 4.96. The maximum absolute atomic E-state index is 13.1. The number of imide groups is 2. The number of nitrogens with zero attached hydrogens (tertiary/aromatic N) is 2. The molecule has 0 aliphatic carbocycles. The van der Waals surface area contributed by atoms with Gasteiger partial charge in [0.05, 0.1) is 11.1 Å². The summed E-state index contributed by atoms with van der Waals surface area (Å²) >= 11 is 0. The fourth-order valence-corrected chi connectivity index (χ4v) is 5.26. The minimum absolute atomic E-state index is 0.125. The predicted octanol–water partition coefficient (Wildman–Crippen LogP) is 0.666. The van der Waals surface area contributed by atoms with E-state index in [1.807, 2.05) is 12.1 Å². The molecule has 8 heteroatoms. The first-order chi connectivity index (χ1) is 14.0. The fraction of sp³-hybridized carbons (Fsp3) is 0.524. The van der Waals surface area contributed by atoms with Crippen LogP contribution in [-0.4, -0.2) is 60.2 Å². The third-order valence-corrected chi connectivity index (χ3v) is 6.70. The average Bonchev–Trinajstić information content (AvgIpc) is 2.98. The number of carbonyl (C=O) groups is 4. The molecule has 3 atom stereocenters. The highest BCUT2D eigenvalue weighted by Gasteiger charge is 2.45. The van der Waals surface area contributed by atoms with Gasteiger partial charge in [-0.2, -0.15) is 0 Å². The van der Waals surface area contributed by atoms with Gasteiger partial charge in [-0.25, -0.2) is 0 Å². The molecule has 3 unspecified atom stereocenters. The lowest BCUT2D eigenvalue weighted by Gasteiger charge is -2.45. The van der Waals surface area contributed by atoms with Gasteiger partial charge in [-0.15, -0.1) is 0 Å². The first-order valence-electron chi connectivity index (χ1n) is 10.4. The maximum atomic E-state index is 13.1. The Hall–Kier alpha value is -2.74. The van der Waals surface area contributed by atoms with Crippen molar-refractivity contribution in [3.8, 4) is 0 Å². The van der Waals surface area contributed by atoms with Crippen LogP contribution in [0.5, 0.6) is 0 Å². The van der Waals surface area contributed by atoms with Crippen molar-refractivity contribution in [1.29, 1.82) is 0 Å². The third-order valence-electron chi connectivity index (χ3n) is 6.70. The van der Waals surface area contributed by atoms with Crippen LogP contribution in [0.3, 0.4) is 0 Å². The molecule has 4 aliphatic heterocycles. The first kappa shape index (κ1) is 18.3. The van der Waals surface area contributed by atoms with E-state index in [-0.39, 0.29) is 18.7 Å². The summed E-state index contributed by atoms with van der Waals surface area (Å²) in [4.78, 5) is 53.0. The molecule has 0 spiro atoms. The summed E-state index contributed by atoms with van der Waals surface area (Å²) in [7, 11) is 0. The van der Waals surface area contributed by atoms with E-state index in [2.05, 4.69) is 15.5 Å². The van der Waals surface area contributed by atoms with Gasteiger partial charge in [-0.05, 0) is 62.9 Å². The molecule has 3 fully saturated rings. The summed E-state index contributed by atoms with van der Waals surface area (Å²) in [5, 5.41) is 5.70. The van der Waals surface area contributed by atoms with Crippen LogP contribution in [-0.2, 0) is 9.59 Å². The van der Waals surface area contributed by atoms with Crippen LogP contribution >= 0.6 is 0 Å². The molecule has 4 aliphatic rings. The molecule has 0 aromatic heterocycles. The van der Waals surface area contributed by atoms with Gasteiger partial charge in [0.2, 0.25) is 11.8 Å². The highest BCUT2D eigenvalue weighted by molar-refractivity contribution is 6.23. The molecular formula is C21H24N4O4. The summed E-state index contributed by atoms with van der Waals surface area (Å²) in [5.41, 5.74) is 1.65. The van der Waals surface area contributed by atoms with Crippen LogP contribution in [0, 0.1) is 5.92 Å². The summed E-state index contributed by atoms with van der Waals surface area (Å²) in [5.74, 6) is -1.25. The van der Waals surface area contributed by atoms with Crippen molar-refractivity contribution in [2.45, 2.75) is 44.2 Å². The second kappa shape index (κ2) is 6.95. The van der Waals surface area contributed by atoms with Crippen LogP contribution in [0.15, 0.2) is 18.2 Å². The van der Waals surface area contributed by atoms with Crippen LogP contribution in [0.2, 0.25) is 0 Å². The van der Waals surface area contributed by atoms with Gasteiger partial charge in [-0.3, -0.25) is 29.4 Å². The second-order valence-electron chi connectivity index (χ2n) is 8.33. The Morgan fingerprint density at radius 3 is 2.62 bits per heavy atom. The molecular weight excluding hydrogens is 372 g/mol. The van der Waals surface area contributed by atoms with E-state index in [0.29, 0.717) is 23.1 Å². The fourth-order valence-electron chi connectivity index (χ4n) is 5.26. The molecule has 1 aromatic carbocycles.